The van der Waals surface area contributed by atoms with Gasteiger partial charge in [-0.3, -0.25) is 4.79 Å². The minimum Gasteiger partial charge on any atom is -0.497 e. The molecular weight excluding hydrogens is 377 g/mol. The molecule has 0 unspecified atom stereocenters. The van der Waals surface area contributed by atoms with Crippen molar-refractivity contribution in [3.8, 4) is 11.5 Å². The summed E-state index contributed by atoms with van der Waals surface area (Å²) in [4.78, 5) is 18.3. The van der Waals surface area contributed by atoms with Gasteiger partial charge < -0.3 is 24.6 Å². The second-order valence-electron chi connectivity index (χ2n) is 5.98. The van der Waals surface area contributed by atoms with Crippen molar-refractivity contribution in [1.82, 2.24) is 15.1 Å². The molecule has 1 rings (SSSR count). The zero-order chi connectivity index (χ0) is 21.2. The van der Waals surface area contributed by atoms with Crippen molar-refractivity contribution in [2.45, 2.75) is 13.1 Å². The van der Waals surface area contributed by atoms with E-state index >= 15 is 0 Å². The van der Waals surface area contributed by atoms with E-state index in [4.69, 9.17) is 9.47 Å². The van der Waals surface area contributed by atoms with Gasteiger partial charge in [-0.2, -0.15) is 13.2 Å². The number of carbonyl (C=O) groups excluding carboxylic acids is 1. The molecule has 0 aliphatic heterocycles. The van der Waals surface area contributed by atoms with Crippen LogP contribution in [-0.4, -0.2) is 81.8 Å². The summed E-state index contributed by atoms with van der Waals surface area (Å²) >= 11 is 0. The van der Waals surface area contributed by atoms with Crippen LogP contribution in [0.5, 0.6) is 11.5 Å². The minimum absolute atomic E-state index is 0.356. The van der Waals surface area contributed by atoms with Gasteiger partial charge in [-0.15, -0.1) is 0 Å². The van der Waals surface area contributed by atoms with Crippen LogP contribution in [0.4, 0.5) is 13.2 Å². The molecule has 0 heterocycles. The Balaban J connectivity index is 2.55. The molecule has 28 heavy (non-hydrogen) atoms. The molecule has 158 valence electrons. The lowest BCUT2D eigenvalue weighted by molar-refractivity contribution is -0.157. The summed E-state index contributed by atoms with van der Waals surface area (Å²) in [5, 5.41) is 3.00. The van der Waals surface area contributed by atoms with Crippen LogP contribution >= 0.6 is 0 Å². The van der Waals surface area contributed by atoms with Gasteiger partial charge >= 0.3 is 6.18 Å². The summed E-state index contributed by atoms with van der Waals surface area (Å²) in [5.41, 5.74) is 0. The Morgan fingerprint density at radius 1 is 1.14 bits per heavy atom. The quantitative estimate of drug-likeness (QED) is 0.504. The third kappa shape index (κ3) is 8.83. The van der Waals surface area contributed by atoms with E-state index in [1.807, 2.05) is 6.92 Å². The Hall–Kier alpha value is -2.65. The first kappa shape index (κ1) is 23.4. The summed E-state index contributed by atoms with van der Waals surface area (Å²) in [6.45, 7) is 1.55. The second kappa shape index (κ2) is 11.3. The van der Waals surface area contributed by atoms with Crippen molar-refractivity contribution in [3.05, 3.63) is 24.3 Å². The second-order valence-corrected chi connectivity index (χ2v) is 5.98. The van der Waals surface area contributed by atoms with Crippen LogP contribution in [0.25, 0.3) is 0 Å². The van der Waals surface area contributed by atoms with Gasteiger partial charge in [0.05, 0.1) is 13.7 Å². The Morgan fingerprint density at radius 2 is 1.75 bits per heavy atom. The molecular formula is C18H27F3N4O3. The fraction of sp³-hybridized carbons (Fsp3) is 0.556. The van der Waals surface area contributed by atoms with Crippen LogP contribution in [0, 0.1) is 0 Å². The lowest BCUT2D eigenvalue weighted by Crippen LogP contribution is -2.42. The van der Waals surface area contributed by atoms with Crippen LogP contribution in [0.1, 0.15) is 6.92 Å². The van der Waals surface area contributed by atoms with E-state index in [0.717, 1.165) is 12.8 Å². The van der Waals surface area contributed by atoms with Gasteiger partial charge in [-0.05, 0) is 31.2 Å². The first-order valence-electron chi connectivity index (χ1n) is 8.73. The summed E-state index contributed by atoms with van der Waals surface area (Å²) in [5.74, 6) is 1.11. The van der Waals surface area contributed by atoms with Crippen molar-refractivity contribution >= 4 is 11.9 Å². The summed E-state index contributed by atoms with van der Waals surface area (Å²) in [6.07, 6.45) is -4.44. The van der Waals surface area contributed by atoms with Crippen molar-refractivity contribution in [3.63, 3.8) is 0 Å². The Kier molecular flexibility index (Phi) is 9.40. The van der Waals surface area contributed by atoms with Crippen LogP contribution in [0.15, 0.2) is 29.3 Å². The number of guanidine groups is 1. The molecule has 1 aromatic carbocycles. The van der Waals surface area contributed by atoms with Crippen LogP contribution < -0.4 is 14.8 Å². The molecule has 0 atom stereocenters. The molecule has 0 bridgehead atoms. The van der Waals surface area contributed by atoms with Crippen molar-refractivity contribution in [1.29, 1.82) is 0 Å². The zero-order valence-corrected chi connectivity index (χ0v) is 16.5. The number of rotatable bonds is 9. The van der Waals surface area contributed by atoms with Crippen molar-refractivity contribution in [2.24, 2.45) is 4.99 Å². The highest BCUT2D eigenvalue weighted by Crippen LogP contribution is 2.17. The molecule has 0 aromatic heterocycles. The van der Waals surface area contributed by atoms with E-state index in [9.17, 15) is 18.0 Å². The molecule has 1 N–H and O–H groups in total. The lowest BCUT2D eigenvalue weighted by Gasteiger charge is -2.23. The fourth-order valence-electron chi connectivity index (χ4n) is 2.17. The lowest BCUT2D eigenvalue weighted by atomic mass is 10.3. The predicted octanol–water partition coefficient (Wildman–Crippen LogP) is 1.99. The van der Waals surface area contributed by atoms with Gasteiger partial charge in [-0.1, -0.05) is 0 Å². The highest BCUT2D eigenvalue weighted by Gasteiger charge is 2.31. The number of methoxy groups -OCH3 is 1. The van der Waals surface area contributed by atoms with Crippen LogP contribution in [0.2, 0.25) is 0 Å². The van der Waals surface area contributed by atoms with E-state index in [-0.39, 0.29) is 6.54 Å². The average Bonchev–Trinajstić information content (AvgIpc) is 2.63. The fourth-order valence-corrected chi connectivity index (χ4v) is 2.17. The molecule has 1 aromatic rings. The number of aliphatic imine (C=N–C) groups is 1. The molecule has 0 fully saturated rings. The van der Waals surface area contributed by atoms with E-state index in [2.05, 4.69) is 10.3 Å². The number of benzene rings is 1. The maximum Gasteiger partial charge on any atom is 0.406 e. The molecule has 0 spiro atoms. The molecule has 7 nitrogen and oxygen atoms in total. The average molecular weight is 404 g/mol. The highest BCUT2D eigenvalue weighted by atomic mass is 19.4. The van der Waals surface area contributed by atoms with Gasteiger partial charge in [0.2, 0.25) is 5.91 Å². The number of nitrogens with one attached hydrogen (secondary N) is 1. The Morgan fingerprint density at radius 3 is 2.29 bits per heavy atom. The highest BCUT2D eigenvalue weighted by molar-refractivity contribution is 5.84. The van der Waals surface area contributed by atoms with Crippen LogP contribution in [0.3, 0.4) is 0 Å². The van der Waals surface area contributed by atoms with Gasteiger partial charge in [0.25, 0.3) is 0 Å². The SMILES string of the molecule is CCNC(=NCC(=O)N(C)CC(F)(F)F)N(C)CCOc1ccc(OC)cc1. The molecule has 0 aliphatic rings. The number of carbonyl (C=O) groups is 1. The third-order valence-electron chi connectivity index (χ3n) is 3.66. The third-order valence-corrected chi connectivity index (χ3v) is 3.66. The van der Waals surface area contributed by atoms with Gasteiger partial charge in [0, 0.05) is 20.6 Å². The van der Waals surface area contributed by atoms with Crippen molar-refractivity contribution < 1.29 is 27.4 Å². The van der Waals surface area contributed by atoms with E-state index in [0.29, 0.717) is 36.3 Å². The van der Waals surface area contributed by atoms with Gasteiger partial charge in [-0.25, -0.2) is 4.99 Å². The number of likely N-dealkylation sites (N-methyl/N-ethyl adjacent to an activating group) is 2. The molecule has 0 radical (unpaired) electrons. The largest absolute Gasteiger partial charge is 0.497 e. The maximum absolute atomic E-state index is 12.4. The zero-order valence-electron chi connectivity index (χ0n) is 16.5. The molecule has 0 aliphatic carbocycles. The monoisotopic (exact) mass is 404 g/mol. The molecule has 10 heteroatoms. The topological polar surface area (TPSA) is 66.4 Å². The standard InChI is InChI=1S/C18H27F3N4O3/c1-5-22-17(23-12-16(26)25(3)13-18(19,20)21)24(2)10-11-28-15-8-6-14(27-4)7-9-15/h6-9H,5,10-13H2,1-4H3,(H,22,23). The summed E-state index contributed by atoms with van der Waals surface area (Å²) in [6, 6.07) is 7.14. The summed E-state index contributed by atoms with van der Waals surface area (Å²) in [7, 11) is 4.44. The molecule has 0 saturated heterocycles. The van der Waals surface area contributed by atoms with Crippen molar-refractivity contribution in [2.75, 3.05) is 54.0 Å². The van der Waals surface area contributed by atoms with E-state index in [1.54, 1.807) is 43.3 Å². The number of hydrogen-bond donors (Lipinski definition) is 1. The number of ether oxygens (including phenoxy) is 2. The first-order chi connectivity index (χ1) is 13.2. The maximum atomic E-state index is 12.4. The number of alkyl halides is 3. The Bertz CT molecular complexity index is 636. The van der Waals surface area contributed by atoms with Crippen LogP contribution in [-0.2, 0) is 4.79 Å². The normalized spacial score (nSPS) is 11.8. The van der Waals surface area contributed by atoms with E-state index < -0.39 is 18.6 Å². The molecule has 1 amide bonds. The van der Waals surface area contributed by atoms with Gasteiger partial charge in [0.15, 0.2) is 5.96 Å². The number of hydrogen-bond acceptors (Lipinski definition) is 4. The number of amides is 1. The first-order valence-corrected chi connectivity index (χ1v) is 8.73. The Labute approximate surface area is 163 Å². The molecule has 0 saturated carbocycles. The summed E-state index contributed by atoms with van der Waals surface area (Å²) < 4.78 is 47.8. The van der Waals surface area contributed by atoms with Gasteiger partial charge in [0.1, 0.15) is 31.2 Å². The number of nitrogens with zero attached hydrogens (tertiary/aromatic N) is 3. The number of halogens is 3. The van der Waals surface area contributed by atoms with E-state index in [1.165, 1.54) is 0 Å². The minimum atomic E-state index is -4.44. The smallest absolute Gasteiger partial charge is 0.406 e. The predicted molar refractivity (Wildman–Crippen MR) is 101 cm³/mol.